The molecule has 1 fully saturated rings. The van der Waals surface area contributed by atoms with Crippen LogP contribution in [-0.4, -0.2) is 18.6 Å². The summed E-state index contributed by atoms with van der Waals surface area (Å²) in [7, 11) is 0. The van der Waals surface area contributed by atoms with Gasteiger partial charge in [0.1, 0.15) is 0 Å². The summed E-state index contributed by atoms with van der Waals surface area (Å²) in [6.45, 7) is 5.77. The molecule has 0 amide bonds. The highest BCUT2D eigenvalue weighted by Gasteiger charge is 2.19. The molecule has 2 nitrogen and oxygen atoms in total. The summed E-state index contributed by atoms with van der Waals surface area (Å²) in [5.74, 6) is 0. The van der Waals surface area contributed by atoms with Crippen molar-refractivity contribution in [2.75, 3.05) is 6.54 Å². The van der Waals surface area contributed by atoms with Crippen molar-refractivity contribution in [2.24, 2.45) is 0 Å². The van der Waals surface area contributed by atoms with Crippen LogP contribution in [0.2, 0.25) is 0 Å². The van der Waals surface area contributed by atoms with Crippen molar-refractivity contribution >= 4 is 0 Å². The molecule has 18 heavy (non-hydrogen) atoms. The molecule has 1 aliphatic rings. The molecular weight excluding hydrogens is 220 g/mol. The van der Waals surface area contributed by atoms with Crippen LogP contribution in [0.25, 0.3) is 0 Å². The molecule has 3 unspecified atom stereocenters. The number of benzene rings is 1. The highest BCUT2D eigenvalue weighted by molar-refractivity contribution is 5.18. The van der Waals surface area contributed by atoms with Gasteiger partial charge in [0.05, 0.1) is 0 Å². The quantitative estimate of drug-likeness (QED) is 0.805. The molecule has 3 atom stereocenters. The van der Waals surface area contributed by atoms with Crippen LogP contribution in [0.1, 0.15) is 51.1 Å². The summed E-state index contributed by atoms with van der Waals surface area (Å²) in [5.41, 5.74) is 1.41. The first-order valence-electron chi connectivity index (χ1n) is 7.34. The van der Waals surface area contributed by atoms with E-state index in [0.29, 0.717) is 12.1 Å². The van der Waals surface area contributed by atoms with Crippen LogP contribution >= 0.6 is 0 Å². The predicted octanol–water partition coefficient (Wildman–Crippen LogP) is 3.26. The fourth-order valence-electron chi connectivity index (χ4n) is 2.93. The Hall–Kier alpha value is -0.860. The summed E-state index contributed by atoms with van der Waals surface area (Å²) >= 11 is 0. The zero-order valence-corrected chi connectivity index (χ0v) is 11.7. The molecule has 0 radical (unpaired) electrons. The van der Waals surface area contributed by atoms with Gasteiger partial charge in [-0.2, -0.15) is 0 Å². The van der Waals surface area contributed by atoms with E-state index in [4.69, 9.17) is 0 Å². The second-order valence-corrected chi connectivity index (χ2v) is 5.47. The second kappa shape index (κ2) is 6.91. The van der Waals surface area contributed by atoms with Crippen LogP contribution in [0.4, 0.5) is 0 Å². The Morgan fingerprint density at radius 2 is 2.11 bits per heavy atom. The monoisotopic (exact) mass is 246 g/mol. The van der Waals surface area contributed by atoms with Gasteiger partial charge >= 0.3 is 0 Å². The van der Waals surface area contributed by atoms with Gasteiger partial charge in [-0.25, -0.2) is 0 Å². The minimum atomic E-state index is 0.489. The maximum absolute atomic E-state index is 3.77. The Labute approximate surface area is 111 Å². The number of hydrogen-bond acceptors (Lipinski definition) is 2. The minimum Gasteiger partial charge on any atom is -0.314 e. The van der Waals surface area contributed by atoms with E-state index in [-0.39, 0.29) is 0 Å². The van der Waals surface area contributed by atoms with Gasteiger partial charge in [-0.15, -0.1) is 0 Å². The van der Waals surface area contributed by atoms with Crippen molar-refractivity contribution in [2.45, 2.75) is 57.7 Å². The summed E-state index contributed by atoms with van der Waals surface area (Å²) in [6, 6.07) is 12.6. The predicted molar refractivity (Wildman–Crippen MR) is 77.7 cm³/mol. The molecule has 0 bridgehead atoms. The zero-order valence-electron chi connectivity index (χ0n) is 11.7. The molecule has 0 spiro atoms. The molecule has 2 heteroatoms. The van der Waals surface area contributed by atoms with Gasteiger partial charge in [0.2, 0.25) is 0 Å². The Bertz CT molecular complexity index is 330. The SMILES string of the molecule is CCC(NC(C)CC1CCCN1)c1ccccc1. The zero-order chi connectivity index (χ0) is 12.8. The van der Waals surface area contributed by atoms with Gasteiger partial charge in [0.25, 0.3) is 0 Å². The maximum atomic E-state index is 3.77. The van der Waals surface area contributed by atoms with Gasteiger partial charge in [-0.05, 0) is 44.7 Å². The molecule has 2 N–H and O–H groups in total. The van der Waals surface area contributed by atoms with E-state index in [1.165, 1.54) is 31.4 Å². The molecule has 1 aromatic rings. The van der Waals surface area contributed by atoms with E-state index >= 15 is 0 Å². The van der Waals surface area contributed by atoms with Crippen LogP contribution in [-0.2, 0) is 0 Å². The van der Waals surface area contributed by atoms with Crippen molar-refractivity contribution in [1.82, 2.24) is 10.6 Å². The lowest BCUT2D eigenvalue weighted by atomic mass is 10.0. The van der Waals surface area contributed by atoms with Gasteiger partial charge in [-0.3, -0.25) is 0 Å². The first-order valence-corrected chi connectivity index (χ1v) is 7.34. The van der Waals surface area contributed by atoms with Gasteiger partial charge < -0.3 is 10.6 Å². The van der Waals surface area contributed by atoms with E-state index in [9.17, 15) is 0 Å². The number of nitrogens with one attached hydrogen (secondary N) is 2. The summed E-state index contributed by atoms with van der Waals surface area (Å²) < 4.78 is 0. The fourth-order valence-corrected chi connectivity index (χ4v) is 2.93. The van der Waals surface area contributed by atoms with Gasteiger partial charge in [-0.1, -0.05) is 37.3 Å². The highest BCUT2D eigenvalue weighted by atomic mass is 15.0. The van der Waals surface area contributed by atoms with Gasteiger partial charge in [0, 0.05) is 18.1 Å². The average Bonchev–Trinajstić information content (AvgIpc) is 2.90. The molecule has 2 rings (SSSR count). The third-order valence-corrected chi connectivity index (χ3v) is 3.90. The Kier molecular flexibility index (Phi) is 5.21. The first kappa shape index (κ1) is 13.6. The van der Waals surface area contributed by atoms with Crippen LogP contribution < -0.4 is 10.6 Å². The molecule has 0 saturated carbocycles. The van der Waals surface area contributed by atoms with Crippen molar-refractivity contribution in [3.8, 4) is 0 Å². The smallest absolute Gasteiger partial charge is 0.0319 e. The Morgan fingerprint density at radius 1 is 1.33 bits per heavy atom. The lowest BCUT2D eigenvalue weighted by Crippen LogP contribution is -2.36. The molecule has 1 aliphatic heterocycles. The molecule has 1 saturated heterocycles. The van der Waals surface area contributed by atoms with E-state index in [0.717, 1.165) is 12.5 Å². The van der Waals surface area contributed by atoms with Crippen molar-refractivity contribution < 1.29 is 0 Å². The van der Waals surface area contributed by atoms with Crippen LogP contribution in [0.3, 0.4) is 0 Å². The largest absolute Gasteiger partial charge is 0.314 e. The number of rotatable bonds is 6. The van der Waals surface area contributed by atoms with E-state index in [2.05, 4.69) is 54.8 Å². The molecule has 0 aromatic heterocycles. The minimum absolute atomic E-state index is 0.489. The lowest BCUT2D eigenvalue weighted by molar-refractivity contribution is 0.389. The summed E-state index contributed by atoms with van der Waals surface area (Å²) in [5, 5.41) is 7.35. The topological polar surface area (TPSA) is 24.1 Å². The standard InChI is InChI=1S/C16H26N2/c1-3-16(14-8-5-4-6-9-14)18-13(2)12-15-10-7-11-17-15/h4-6,8-9,13,15-18H,3,7,10-12H2,1-2H3. The molecule has 1 heterocycles. The van der Waals surface area contributed by atoms with Crippen LogP contribution in [0.15, 0.2) is 30.3 Å². The molecular formula is C16H26N2. The molecule has 100 valence electrons. The highest BCUT2D eigenvalue weighted by Crippen LogP contribution is 2.18. The van der Waals surface area contributed by atoms with Crippen molar-refractivity contribution in [3.63, 3.8) is 0 Å². The fraction of sp³-hybridized carbons (Fsp3) is 0.625. The summed E-state index contributed by atoms with van der Waals surface area (Å²) in [6.07, 6.45) is 5.07. The van der Waals surface area contributed by atoms with Crippen molar-refractivity contribution in [3.05, 3.63) is 35.9 Å². The van der Waals surface area contributed by atoms with Crippen LogP contribution in [0.5, 0.6) is 0 Å². The lowest BCUT2D eigenvalue weighted by Gasteiger charge is -2.25. The third-order valence-electron chi connectivity index (χ3n) is 3.90. The van der Waals surface area contributed by atoms with E-state index < -0.39 is 0 Å². The molecule has 1 aromatic carbocycles. The Morgan fingerprint density at radius 3 is 2.72 bits per heavy atom. The third kappa shape index (κ3) is 3.82. The maximum Gasteiger partial charge on any atom is 0.0319 e. The van der Waals surface area contributed by atoms with E-state index in [1.54, 1.807) is 0 Å². The van der Waals surface area contributed by atoms with E-state index in [1.807, 2.05) is 0 Å². The normalized spacial score (nSPS) is 22.9. The second-order valence-electron chi connectivity index (χ2n) is 5.47. The van der Waals surface area contributed by atoms with Gasteiger partial charge in [0.15, 0.2) is 0 Å². The Balaban J connectivity index is 1.85. The first-order chi connectivity index (χ1) is 8.79. The van der Waals surface area contributed by atoms with Crippen molar-refractivity contribution in [1.29, 1.82) is 0 Å². The van der Waals surface area contributed by atoms with Crippen LogP contribution in [0, 0.1) is 0 Å². The average molecular weight is 246 g/mol. The number of hydrogen-bond donors (Lipinski definition) is 2. The molecule has 0 aliphatic carbocycles. The summed E-state index contributed by atoms with van der Waals surface area (Å²) in [4.78, 5) is 0.